The fourth-order valence-electron chi connectivity index (χ4n) is 7.45. The summed E-state index contributed by atoms with van der Waals surface area (Å²) in [5.41, 5.74) is 0. The summed E-state index contributed by atoms with van der Waals surface area (Å²) in [6, 6.07) is 0. The van der Waals surface area contributed by atoms with Gasteiger partial charge in [-0.05, 0) is 44.9 Å². The van der Waals surface area contributed by atoms with Crippen molar-refractivity contribution >= 4 is 13.8 Å². The van der Waals surface area contributed by atoms with Crippen molar-refractivity contribution in [3.8, 4) is 0 Å². The van der Waals surface area contributed by atoms with Gasteiger partial charge in [0.2, 0.25) is 0 Å². The predicted molar refractivity (Wildman–Crippen MR) is 240 cm³/mol. The molecular formula is C47H89O12P. The predicted octanol–water partition coefficient (Wildman–Crippen LogP) is 10.1. The van der Waals surface area contributed by atoms with Gasteiger partial charge >= 0.3 is 13.8 Å². The van der Waals surface area contributed by atoms with Gasteiger partial charge in [0.05, 0.1) is 13.2 Å². The lowest BCUT2D eigenvalue weighted by Crippen LogP contribution is -2.64. The van der Waals surface area contributed by atoms with Gasteiger partial charge in [-0.2, -0.15) is 0 Å². The van der Waals surface area contributed by atoms with Crippen molar-refractivity contribution in [2.75, 3.05) is 19.8 Å². The molecule has 0 bridgehead atoms. The van der Waals surface area contributed by atoms with Gasteiger partial charge in [0.1, 0.15) is 42.7 Å². The average molecular weight is 877 g/mol. The van der Waals surface area contributed by atoms with Crippen LogP contribution in [0.1, 0.15) is 206 Å². The van der Waals surface area contributed by atoms with Gasteiger partial charge in [-0.25, -0.2) is 4.57 Å². The van der Waals surface area contributed by atoms with Crippen LogP contribution < -0.4 is 0 Å². The van der Waals surface area contributed by atoms with Crippen molar-refractivity contribution in [3.63, 3.8) is 0 Å². The first kappa shape index (κ1) is 56.8. The number of aliphatic hydroxyl groups excluding tert-OH is 5. The second kappa shape index (κ2) is 38.3. The number of ether oxygens (including phenoxy) is 2. The maximum absolute atomic E-state index is 12.8. The summed E-state index contributed by atoms with van der Waals surface area (Å²) in [6.07, 6.45) is 31.1. The average Bonchev–Trinajstić information content (AvgIpc) is 3.23. The Morgan fingerprint density at radius 1 is 0.533 bits per heavy atom. The molecule has 6 unspecified atom stereocenters. The highest BCUT2D eigenvalue weighted by atomic mass is 31.2. The van der Waals surface area contributed by atoms with E-state index in [0.29, 0.717) is 13.0 Å². The van der Waals surface area contributed by atoms with Crippen molar-refractivity contribution in [3.05, 3.63) is 24.3 Å². The number of hydrogen-bond acceptors (Lipinski definition) is 11. The van der Waals surface area contributed by atoms with Crippen LogP contribution in [0.3, 0.4) is 0 Å². The van der Waals surface area contributed by atoms with E-state index in [4.69, 9.17) is 18.5 Å². The van der Waals surface area contributed by atoms with Crippen molar-refractivity contribution < 1.29 is 58.3 Å². The standard InChI is InChI=1S/C47H89O12P/c1-3-5-7-9-11-13-15-16-17-18-19-20-21-22-23-24-25-27-29-31-33-35-37-56-38-40(58-41(48)36-34-32-30-28-26-14-12-10-8-6-4-2)39-57-60(54,55)59-47-45(52)43(50)42(49)44(51)46(47)53/h15-16,18-19,40,42-47,49-53H,3-14,17,20-39H2,1-2H3,(H,54,55)/b16-15-,19-18-. The summed E-state index contributed by atoms with van der Waals surface area (Å²) in [5.74, 6) is -0.478. The van der Waals surface area contributed by atoms with Crippen LogP contribution in [-0.2, 0) is 27.9 Å². The van der Waals surface area contributed by atoms with Gasteiger partial charge in [0.15, 0.2) is 0 Å². The molecule has 1 fully saturated rings. The van der Waals surface area contributed by atoms with Gasteiger partial charge in [-0.15, -0.1) is 0 Å². The van der Waals surface area contributed by atoms with Crippen LogP contribution >= 0.6 is 7.82 Å². The molecule has 6 atom stereocenters. The smallest absolute Gasteiger partial charge is 0.457 e. The molecule has 0 radical (unpaired) electrons. The van der Waals surface area contributed by atoms with E-state index >= 15 is 0 Å². The number of hydrogen-bond donors (Lipinski definition) is 6. The summed E-state index contributed by atoms with van der Waals surface area (Å²) < 4.78 is 34.2. The van der Waals surface area contributed by atoms with E-state index in [1.54, 1.807) is 0 Å². The third kappa shape index (κ3) is 30.0. The minimum absolute atomic E-state index is 0.0750. The van der Waals surface area contributed by atoms with Crippen LogP contribution in [0.15, 0.2) is 24.3 Å². The number of rotatable bonds is 41. The Kier molecular flexibility index (Phi) is 36.3. The molecule has 12 nitrogen and oxygen atoms in total. The molecule has 1 aliphatic carbocycles. The highest BCUT2D eigenvalue weighted by Gasteiger charge is 2.51. The van der Waals surface area contributed by atoms with Crippen molar-refractivity contribution in [2.24, 2.45) is 0 Å². The topological polar surface area (TPSA) is 192 Å². The third-order valence-electron chi connectivity index (χ3n) is 11.3. The maximum atomic E-state index is 12.8. The lowest BCUT2D eigenvalue weighted by atomic mass is 9.85. The molecule has 1 rings (SSSR count). The normalized spacial score (nSPS) is 22.5. The quantitative estimate of drug-likeness (QED) is 0.0148. The van der Waals surface area contributed by atoms with E-state index in [-0.39, 0.29) is 13.0 Å². The highest BCUT2D eigenvalue weighted by molar-refractivity contribution is 7.47. The monoisotopic (exact) mass is 877 g/mol. The molecule has 6 N–H and O–H groups in total. The van der Waals surface area contributed by atoms with Crippen LogP contribution in [0.4, 0.5) is 0 Å². The Labute approximate surface area is 364 Å². The third-order valence-corrected chi connectivity index (χ3v) is 12.3. The molecule has 0 aromatic carbocycles. The van der Waals surface area contributed by atoms with Gasteiger partial charge in [-0.3, -0.25) is 13.8 Å². The van der Waals surface area contributed by atoms with E-state index in [1.165, 1.54) is 135 Å². The van der Waals surface area contributed by atoms with E-state index < -0.39 is 63.1 Å². The molecule has 0 saturated heterocycles. The van der Waals surface area contributed by atoms with Crippen molar-refractivity contribution in [1.82, 2.24) is 0 Å². The zero-order valence-corrected chi connectivity index (χ0v) is 38.7. The number of aliphatic hydroxyl groups is 5. The van der Waals surface area contributed by atoms with E-state index in [0.717, 1.165) is 44.9 Å². The van der Waals surface area contributed by atoms with Gasteiger partial charge in [0.25, 0.3) is 0 Å². The fourth-order valence-corrected chi connectivity index (χ4v) is 8.42. The first-order valence-electron chi connectivity index (χ1n) is 24.2. The molecule has 0 heterocycles. The Morgan fingerprint density at radius 2 is 0.933 bits per heavy atom. The maximum Gasteiger partial charge on any atom is 0.472 e. The molecule has 60 heavy (non-hydrogen) atoms. The van der Waals surface area contributed by atoms with Crippen molar-refractivity contribution in [1.29, 1.82) is 0 Å². The Hall–Kier alpha value is -1.18. The minimum atomic E-state index is -5.01. The number of unbranched alkanes of at least 4 members (excludes halogenated alkanes) is 25. The largest absolute Gasteiger partial charge is 0.472 e. The van der Waals surface area contributed by atoms with Crippen LogP contribution in [0.25, 0.3) is 0 Å². The zero-order chi connectivity index (χ0) is 44.1. The SMILES string of the molecule is CCCCCCC/C=C\C/C=C\CCCCCCCCCCCCOCC(COP(=O)(O)OC1C(O)C(O)C(O)C(O)C1O)OC(=O)CCCCCCCCCCCCC. The molecule has 1 saturated carbocycles. The first-order valence-corrected chi connectivity index (χ1v) is 25.7. The summed E-state index contributed by atoms with van der Waals surface area (Å²) >= 11 is 0. The molecule has 0 aliphatic heterocycles. The molecule has 1 aliphatic rings. The lowest BCUT2D eigenvalue weighted by Gasteiger charge is -2.41. The zero-order valence-electron chi connectivity index (χ0n) is 37.8. The fraction of sp³-hybridized carbons (Fsp3) is 0.894. The Balaban J connectivity index is 2.32. The van der Waals surface area contributed by atoms with Gasteiger partial charge < -0.3 is 39.9 Å². The molecule has 13 heteroatoms. The molecule has 354 valence electrons. The van der Waals surface area contributed by atoms with Crippen LogP contribution in [0, 0.1) is 0 Å². The Bertz CT molecular complexity index is 1090. The molecule has 0 aromatic heterocycles. The van der Waals surface area contributed by atoms with Crippen molar-refractivity contribution in [2.45, 2.75) is 249 Å². The first-order chi connectivity index (χ1) is 29.0. The van der Waals surface area contributed by atoms with Gasteiger partial charge in [0, 0.05) is 13.0 Å². The highest BCUT2D eigenvalue weighted by Crippen LogP contribution is 2.47. The summed E-state index contributed by atoms with van der Waals surface area (Å²) in [4.78, 5) is 23.1. The molecule has 0 aromatic rings. The molecular weight excluding hydrogens is 787 g/mol. The van der Waals surface area contributed by atoms with E-state index in [1.807, 2.05) is 0 Å². The van der Waals surface area contributed by atoms with Crippen LogP contribution in [-0.4, -0.2) is 98.9 Å². The molecule has 0 amide bonds. The van der Waals surface area contributed by atoms with Crippen LogP contribution in [0.2, 0.25) is 0 Å². The number of phosphoric ester groups is 1. The number of phosphoric acid groups is 1. The van der Waals surface area contributed by atoms with E-state index in [9.17, 15) is 39.8 Å². The second-order valence-corrected chi connectivity index (χ2v) is 18.4. The van der Waals surface area contributed by atoms with Crippen LogP contribution in [0.5, 0.6) is 0 Å². The number of carbonyl (C=O) groups is 1. The van der Waals surface area contributed by atoms with E-state index in [2.05, 4.69) is 38.2 Å². The lowest BCUT2D eigenvalue weighted by molar-refractivity contribution is -0.220. The summed E-state index contributed by atoms with van der Waals surface area (Å²) in [7, 11) is -5.01. The van der Waals surface area contributed by atoms with Gasteiger partial charge in [-0.1, -0.05) is 179 Å². The second-order valence-electron chi connectivity index (χ2n) is 17.0. The number of allylic oxidation sites excluding steroid dienone is 4. The number of carbonyl (C=O) groups excluding carboxylic acids is 1. The minimum Gasteiger partial charge on any atom is -0.457 e. The summed E-state index contributed by atoms with van der Waals surface area (Å²) in [5, 5.41) is 50.2. The summed E-state index contributed by atoms with van der Waals surface area (Å²) in [6.45, 7) is 4.24. The number of esters is 1. The molecule has 0 spiro atoms. The Morgan fingerprint density at radius 3 is 1.40 bits per heavy atom.